The molecule has 0 amide bonds. The number of ether oxygens (including phenoxy) is 1. The molecule has 1 fully saturated rings. The number of aliphatic hydroxyl groups is 1. The van der Waals surface area contributed by atoms with Crippen molar-refractivity contribution >= 4 is 0 Å². The Morgan fingerprint density at radius 2 is 2.40 bits per heavy atom. The van der Waals surface area contributed by atoms with Crippen LogP contribution in [-0.4, -0.2) is 49.5 Å². The van der Waals surface area contributed by atoms with Crippen molar-refractivity contribution in [3.63, 3.8) is 0 Å². The standard InChI is InChI=1S/C7H15NO2/c1-8-4-7(10-2)3-6(8)5-9/h6-7,9H,3-5H2,1-2H3/t6?,7-/m1/s1. The van der Waals surface area contributed by atoms with Crippen LogP contribution in [0.3, 0.4) is 0 Å². The van der Waals surface area contributed by atoms with Crippen LogP contribution in [0.15, 0.2) is 0 Å². The van der Waals surface area contributed by atoms with Gasteiger partial charge in [0, 0.05) is 19.7 Å². The molecular weight excluding hydrogens is 130 g/mol. The van der Waals surface area contributed by atoms with Gasteiger partial charge < -0.3 is 9.84 Å². The highest BCUT2D eigenvalue weighted by atomic mass is 16.5. The molecule has 0 aromatic rings. The minimum absolute atomic E-state index is 0.246. The summed E-state index contributed by atoms with van der Waals surface area (Å²) in [6.07, 6.45) is 1.28. The van der Waals surface area contributed by atoms with E-state index in [1.807, 2.05) is 7.05 Å². The van der Waals surface area contributed by atoms with Crippen molar-refractivity contribution in [2.75, 3.05) is 27.3 Å². The molecule has 1 aliphatic rings. The van der Waals surface area contributed by atoms with Gasteiger partial charge in [0.2, 0.25) is 0 Å². The smallest absolute Gasteiger partial charge is 0.0714 e. The van der Waals surface area contributed by atoms with Gasteiger partial charge in [0.25, 0.3) is 0 Å². The first-order chi connectivity index (χ1) is 4.77. The summed E-state index contributed by atoms with van der Waals surface area (Å²) in [5.41, 5.74) is 0. The van der Waals surface area contributed by atoms with Gasteiger partial charge >= 0.3 is 0 Å². The summed E-state index contributed by atoms with van der Waals surface area (Å²) in [7, 11) is 3.73. The van der Waals surface area contributed by atoms with Gasteiger partial charge in [-0.3, -0.25) is 4.90 Å². The summed E-state index contributed by atoms with van der Waals surface area (Å²) in [5, 5.41) is 8.85. The predicted octanol–water partition coefficient (Wildman–Crippen LogP) is -0.302. The molecule has 1 saturated heterocycles. The molecule has 3 nitrogen and oxygen atoms in total. The quantitative estimate of drug-likeness (QED) is 0.579. The number of nitrogens with zero attached hydrogens (tertiary/aromatic N) is 1. The Kier molecular flexibility index (Phi) is 2.65. The zero-order valence-corrected chi connectivity index (χ0v) is 6.58. The van der Waals surface area contributed by atoms with Crippen LogP contribution in [0.2, 0.25) is 0 Å². The molecule has 0 aromatic carbocycles. The number of hydrogen-bond acceptors (Lipinski definition) is 3. The van der Waals surface area contributed by atoms with Gasteiger partial charge in [-0.25, -0.2) is 0 Å². The van der Waals surface area contributed by atoms with E-state index in [2.05, 4.69) is 4.90 Å². The van der Waals surface area contributed by atoms with E-state index in [0.29, 0.717) is 12.1 Å². The van der Waals surface area contributed by atoms with Gasteiger partial charge in [-0.2, -0.15) is 0 Å². The first kappa shape index (κ1) is 7.98. The SMILES string of the molecule is CO[C@@H]1CC(CO)N(C)C1. The van der Waals surface area contributed by atoms with Crippen LogP contribution >= 0.6 is 0 Å². The molecule has 0 radical (unpaired) electrons. The summed E-state index contributed by atoms with van der Waals surface area (Å²) in [6, 6.07) is 0.310. The molecule has 2 atom stereocenters. The summed E-state index contributed by atoms with van der Waals surface area (Å²) < 4.78 is 5.16. The normalized spacial score (nSPS) is 35.1. The van der Waals surface area contributed by atoms with Crippen molar-refractivity contribution in [2.24, 2.45) is 0 Å². The van der Waals surface area contributed by atoms with E-state index in [-0.39, 0.29) is 6.61 Å². The summed E-state index contributed by atoms with van der Waals surface area (Å²) in [6.45, 7) is 1.19. The second-order valence-corrected chi connectivity index (χ2v) is 2.87. The maximum absolute atomic E-state index is 8.85. The topological polar surface area (TPSA) is 32.7 Å². The lowest BCUT2D eigenvalue weighted by molar-refractivity contribution is 0.111. The second kappa shape index (κ2) is 3.32. The van der Waals surface area contributed by atoms with E-state index in [1.54, 1.807) is 7.11 Å². The minimum atomic E-state index is 0.246. The number of rotatable bonds is 2. The van der Waals surface area contributed by atoms with Crippen LogP contribution in [0.1, 0.15) is 6.42 Å². The fourth-order valence-electron chi connectivity index (χ4n) is 1.41. The molecule has 1 unspecified atom stereocenters. The predicted molar refractivity (Wildman–Crippen MR) is 38.9 cm³/mol. The molecule has 60 valence electrons. The molecule has 1 N–H and O–H groups in total. The van der Waals surface area contributed by atoms with Crippen LogP contribution in [0.4, 0.5) is 0 Å². The van der Waals surface area contributed by atoms with Gasteiger partial charge in [-0.1, -0.05) is 0 Å². The van der Waals surface area contributed by atoms with Gasteiger partial charge in [0.05, 0.1) is 12.7 Å². The number of methoxy groups -OCH3 is 1. The first-order valence-electron chi connectivity index (χ1n) is 3.61. The largest absolute Gasteiger partial charge is 0.395 e. The van der Waals surface area contributed by atoms with Crippen molar-refractivity contribution in [3.05, 3.63) is 0 Å². The third-order valence-electron chi connectivity index (χ3n) is 2.19. The van der Waals surface area contributed by atoms with Crippen LogP contribution in [0.25, 0.3) is 0 Å². The zero-order chi connectivity index (χ0) is 7.56. The van der Waals surface area contributed by atoms with E-state index < -0.39 is 0 Å². The van der Waals surface area contributed by atoms with Crippen LogP contribution in [-0.2, 0) is 4.74 Å². The highest BCUT2D eigenvalue weighted by molar-refractivity contribution is 4.82. The Labute approximate surface area is 61.6 Å². The van der Waals surface area contributed by atoms with Crippen molar-refractivity contribution in [2.45, 2.75) is 18.6 Å². The lowest BCUT2D eigenvalue weighted by Crippen LogP contribution is -2.28. The molecular formula is C7H15NO2. The Morgan fingerprint density at radius 1 is 1.70 bits per heavy atom. The molecule has 1 heterocycles. The van der Waals surface area contributed by atoms with Gasteiger partial charge in [0.1, 0.15) is 0 Å². The molecule has 1 rings (SSSR count). The lowest BCUT2D eigenvalue weighted by atomic mass is 10.2. The van der Waals surface area contributed by atoms with Crippen molar-refractivity contribution in [1.82, 2.24) is 4.90 Å². The van der Waals surface area contributed by atoms with E-state index in [4.69, 9.17) is 9.84 Å². The first-order valence-corrected chi connectivity index (χ1v) is 3.61. The maximum atomic E-state index is 8.85. The van der Waals surface area contributed by atoms with E-state index >= 15 is 0 Å². The van der Waals surface area contributed by atoms with E-state index in [1.165, 1.54) is 0 Å². The fourth-order valence-corrected chi connectivity index (χ4v) is 1.41. The Bertz CT molecular complexity index is 108. The van der Waals surface area contributed by atoms with Crippen molar-refractivity contribution in [1.29, 1.82) is 0 Å². The van der Waals surface area contributed by atoms with Crippen LogP contribution in [0.5, 0.6) is 0 Å². The summed E-state index contributed by atoms with van der Waals surface area (Å²) in [4.78, 5) is 2.13. The third kappa shape index (κ3) is 1.48. The molecule has 3 heteroatoms. The Balaban J connectivity index is 2.36. The van der Waals surface area contributed by atoms with Crippen LogP contribution in [0, 0.1) is 0 Å². The third-order valence-corrected chi connectivity index (χ3v) is 2.19. The molecule has 0 bridgehead atoms. The molecule has 0 spiro atoms. The highest BCUT2D eigenvalue weighted by Crippen LogP contribution is 2.16. The average molecular weight is 145 g/mol. The molecule has 0 aliphatic carbocycles. The second-order valence-electron chi connectivity index (χ2n) is 2.87. The number of aliphatic hydroxyl groups excluding tert-OH is 1. The molecule has 10 heavy (non-hydrogen) atoms. The maximum Gasteiger partial charge on any atom is 0.0714 e. The average Bonchev–Trinajstić information content (AvgIpc) is 2.30. The fraction of sp³-hybridized carbons (Fsp3) is 1.00. The van der Waals surface area contributed by atoms with Crippen molar-refractivity contribution < 1.29 is 9.84 Å². The van der Waals surface area contributed by atoms with E-state index in [9.17, 15) is 0 Å². The van der Waals surface area contributed by atoms with Crippen LogP contribution < -0.4 is 0 Å². The van der Waals surface area contributed by atoms with Crippen molar-refractivity contribution in [3.8, 4) is 0 Å². The summed E-state index contributed by atoms with van der Waals surface area (Å²) >= 11 is 0. The highest BCUT2D eigenvalue weighted by Gasteiger charge is 2.28. The summed E-state index contributed by atoms with van der Waals surface area (Å²) in [5.74, 6) is 0. The number of likely N-dealkylation sites (tertiary alicyclic amines) is 1. The zero-order valence-electron chi connectivity index (χ0n) is 6.58. The molecule has 0 aromatic heterocycles. The molecule has 1 aliphatic heterocycles. The van der Waals surface area contributed by atoms with Gasteiger partial charge in [-0.05, 0) is 13.5 Å². The lowest BCUT2D eigenvalue weighted by Gasteiger charge is -2.14. The number of likely N-dealkylation sites (N-methyl/N-ethyl adjacent to an activating group) is 1. The Morgan fingerprint density at radius 3 is 2.70 bits per heavy atom. The monoisotopic (exact) mass is 145 g/mol. The molecule has 0 saturated carbocycles. The Hall–Kier alpha value is -0.120. The van der Waals surface area contributed by atoms with E-state index in [0.717, 1.165) is 13.0 Å². The number of hydrogen-bond donors (Lipinski definition) is 1. The minimum Gasteiger partial charge on any atom is -0.395 e. The van der Waals surface area contributed by atoms with Gasteiger partial charge in [0.15, 0.2) is 0 Å². The van der Waals surface area contributed by atoms with Gasteiger partial charge in [-0.15, -0.1) is 0 Å².